The van der Waals surface area contributed by atoms with E-state index in [0.717, 1.165) is 0 Å². The molecule has 0 aromatic heterocycles. The Morgan fingerprint density at radius 1 is 0.900 bits per heavy atom. The smallest absolute Gasteiger partial charge is 0.0132 e. The Hall–Kier alpha value is -1.73. The second-order valence-corrected chi connectivity index (χ2v) is 5.93. The van der Waals surface area contributed by atoms with Crippen molar-refractivity contribution in [3.05, 3.63) is 59.7 Å². The number of thiocarbonyl (C=S) groups is 1. The summed E-state index contributed by atoms with van der Waals surface area (Å²) in [7, 11) is 0. The van der Waals surface area contributed by atoms with Crippen molar-refractivity contribution >= 4 is 39.1 Å². The maximum atomic E-state index is 5.28. The van der Waals surface area contributed by atoms with Crippen LogP contribution in [-0.2, 0) is 6.42 Å². The van der Waals surface area contributed by atoms with Crippen LogP contribution in [0.5, 0.6) is 0 Å². The minimum absolute atomic E-state index is 0.443. The van der Waals surface area contributed by atoms with Crippen LogP contribution < -0.4 is 0 Å². The van der Waals surface area contributed by atoms with Crippen LogP contribution in [0.3, 0.4) is 0 Å². The van der Waals surface area contributed by atoms with Crippen LogP contribution in [0.15, 0.2) is 48.5 Å². The zero-order chi connectivity index (χ0) is 13.5. The predicted molar refractivity (Wildman–Crippen MR) is 90.8 cm³/mol. The molecule has 20 heavy (non-hydrogen) atoms. The highest BCUT2D eigenvalue weighted by Crippen LogP contribution is 2.38. The number of benzene rings is 3. The number of rotatable bonds is 1. The van der Waals surface area contributed by atoms with Gasteiger partial charge in [-0.15, -0.1) is 0 Å². The molecule has 0 nitrogen and oxygen atoms in total. The van der Waals surface area contributed by atoms with Gasteiger partial charge < -0.3 is 0 Å². The Bertz CT molecular complexity index is 816. The highest BCUT2D eigenvalue weighted by atomic mass is 32.1. The monoisotopic (exact) mass is 276 g/mol. The van der Waals surface area contributed by atoms with E-state index in [1.807, 2.05) is 5.37 Å². The second-order valence-electron chi connectivity index (χ2n) is 5.65. The third-order valence-electron chi connectivity index (χ3n) is 4.55. The van der Waals surface area contributed by atoms with E-state index < -0.39 is 0 Å². The van der Waals surface area contributed by atoms with Gasteiger partial charge in [-0.1, -0.05) is 60.7 Å². The summed E-state index contributed by atoms with van der Waals surface area (Å²) in [6, 6.07) is 17.8. The SMILES string of the molecule is S=CC1CCCc2ccc3c(ccc4ccccc43)c21. The molecule has 0 heterocycles. The minimum Gasteiger partial charge on any atom is -0.0928 e. The van der Waals surface area contributed by atoms with Crippen molar-refractivity contribution in [1.82, 2.24) is 0 Å². The van der Waals surface area contributed by atoms with E-state index in [1.54, 1.807) is 0 Å². The maximum Gasteiger partial charge on any atom is 0.0132 e. The minimum atomic E-state index is 0.443. The van der Waals surface area contributed by atoms with Crippen LogP contribution in [0.1, 0.15) is 29.9 Å². The molecule has 0 saturated heterocycles. The number of fused-ring (bicyclic) bond motifs is 5. The molecule has 1 aliphatic rings. The summed E-state index contributed by atoms with van der Waals surface area (Å²) in [5.41, 5.74) is 2.97. The highest BCUT2D eigenvalue weighted by Gasteiger charge is 2.21. The molecular weight excluding hydrogens is 260 g/mol. The normalized spacial score (nSPS) is 18.1. The molecule has 1 aliphatic carbocycles. The van der Waals surface area contributed by atoms with Crippen LogP contribution >= 0.6 is 12.2 Å². The van der Waals surface area contributed by atoms with Crippen LogP contribution in [0.2, 0.25) is 0 Å². The van der Waals surface area contributed by atoms with Crippen molar-refractivity contribution in [3.63, 3.8) is 0 Å². The predicted octanol–water partition coefficient (Wildman–Crippen LogP) is 5.41. The molecule has 1 heteroatoms. The number of hydrogen-bond donors (Lipinski definition) is 0. The Kier molecular flexibility index (Phi) is 2.82. The van der Waals surface area contributed by atoms with Crippen molar-refractivity contribution in [1.29, 1.82) is 0 Å². The summed E-state index contributed by atoms with van der Waals surface area (Å²) in [4.78, 5) is 0. The molecule has 4 rings (SSSR count). The second kappa shape index (κ2) is 4.68. The molecule has 3 aromatic rings. The van der Waals surface area contributed by atoms with Gasteiger partial charge in [-0.2, -0.15) is 0 Å². The lowest BCUT2D eigenvalue weighted by Gasteiger charge is -2.24. The fourth-order valence-electron chi connectivity index (χ4n) is 3.61. The molecule has 0 saturated carbocycles. The lowest BCUT2D eigenvalue weighted by molar-refractivity contribution is 0.664. The summed E-state index contributed by atoms with van der Waals surface area (Å²) in [6.45, 7) is 0. The van der Waals surface area contributed by atoms with Gasteiger partial charge in [-0.25, -0.2) is 0 Å². The average Bonchev–Trinajstić information content (AvgIpc) is 2.53. The lowest BCUT2D eigenvalue weighted by atomic mass is 9.80. The Morgan fingerprint density at radius 2 is 1.75 bits per heavy atom. The standard InChI is InChI=1S/C19H16S/c20-12-15-6-3-5-14-9-10-17-16-7-2-1-4-13(16)8-11-18(17)19(14)15/h1-2,4,7-12,15H,3,5-6H2. The van der Waals surface area contributed by atoms with E-state index in [9.17, 15) is 0 Å². The van der Waals surface area contributed by atoms with Gasteiger partial charge in [0.1, 0.15) is 0 Å². The highest BCUT2D eigenvalue weighted by molar-refractivity contribution is 7.79. The van der Waals surface area contributed by atoms with Gasteiger partial charge in [0, 0.05) is 5.92 Å². The third kappa shape index (κ3) is 1.70. The van der Waals surface area contributed by atoms with Crippen molar-refractivity contribution in [3.8, 4) is 0 Å². The molecule has 1 unspecified atom stereocenters. The van der Waals surface area contributed by atoms with Crippen molar-refractivity contribution < 1.29 is 0 Å². The van der Waals surface area contributed by atoms with Crippen LogP contribution in [0.25, 0.3) is 21.5 Å². The van der Waals surface area contributed by atoms with E-state index >= 15 is 0 Å². The first-order chi connectivity index (χ1) is 9.88. The summed E-state index contributed by atoms with van der Waals surface area (Å²) < 4.78 is 0. The molecule has 0 spiro atoms. The topological polar surface area (TPSA) is 0 Å². The maximum absolute atomic E-state index is 5.28. The molecule has 3 aromatic carbocycles. The molecule has 0 aliphatic heterocycles. The van der Waals surface area contributed by atoms with Crippen molar-refractivity contribution in [2.24, 2.45) is 0 Å². The van der Waals surface area contributed by atoms with E-state index in [0.29, 0.717) is 5.92 Å². The fraction of sp³-hybridized carbons (Fsp3) is 0.211. The molecule has 0 amide bonds. The van der Waals surface area contributed by atoms with Gasteiger partial charge in [-0.05, 0) is 57.3 Å². The lowest BCUT2D eigenvalue weighted by Crippen LogP contribution is -2.10. The first kappa shape index (κ1) is 12.0. The van der Waals surface area contributed by atoms with Crippen molar-refractivity contribution in [2.45, 2.75) is 25.2 Å². The summed E-state index contributed by atoms with van der Waals surface area (Å²) in [6.07, 6.45) is 3.64. The zero-order valence-corrected chi connectivity index (χ0v) is 12.1. The molecule has 0 radical (unpaired) electrons. The van der Waals surface area contributed by atoms with Gasteiger partial charge in [0.05, 0.1) is 0 Å². The quantitative estimate of drug-likeness (QED) is 0.423. The van der Waals surface area contributed by atoms with Gasteiger partial charge in [-0.3, -0.25) is 0 Å². The molecule has 0 bridgehead atoms. The third-order valence-corrected chi connectivity index (χ3v) is 4.88. The summed E-state index contributed by atoms with van der Waals surface area (Å²) >= 11 is 5.28. The number of hydrogen-bond acceptors (Lipinski definition) is 1. The van der Waals surface area contributed by atoms with Gasteiger partial charge in [0.25, 0.3) is 0 Å². The van der Waals surface area contributed by atoms with Crippen molar-refractivity contribution in [2.75, 3.05) is 0 Å². The summed E-state index contributed by atoms with van der Waals surface area (Å²) in [5.74, 6) is 0.443. The Balaban J connectivity index is 2.13. The average molecular weight is 276 g/mol. The van der Waals surface area contributed by atoms with E-state index in [2.05, 4.69) is 48.5 Å². The van der Waals surface area contributed by atoms with E-state index in [1.165, 1.54) is 51.9 Å². The molecule has 0 fully saturated rings. The molecule has 98 valence electrons. The molecule has 1 atom stereocenters. The van der Waals surface area contributed by atoms with E-state index in [4.69, 9.17) is 12.2 Å². The van der Waals surface area contributed by atoms with Gasteiger partial charge in [0.15, 0.2) is 0 Å². The number of aryl methyl sites for hydroxylation is 1. The van der Waals surface area contributed by atoms with Gasteiger partial charge >= 0.3 is 0 Å². The Morgan fingerprint density at radius 3 is 2.65 bits per heavy atom. The van der Waals surface area contributed by atoms with Crippen LogP contribution in [0.4, 0.5) is 0 Å². The van der Waals surface area contributed by atoms with Crippen LogP contribution in [0, 0.1) is 0 Å². The fourth-order valence-corrected chi connectivity index (χ4v) is 3.88. The Labute approximate surface area is 124 Å². The first-order valence-corrected chi connectivity index (χ1v) is 7.74. The summed E-state index contributed by atoms with van der Waals surface area (Å²) in [5, 5.41) is 7.39. The first-order valence-electron chi connectivity index (χ1n) is 7.27. The van der Waals surface area contributed by atoms with Crippen LogP contribution in [-0.4, -0.2) is 5.37 Å². The largest absolute Gasteiger partial charge is 0.0928 e. The van der Waals surface area contributed by atoms with Gasteiger partial charge in [0.2, 0.25) is 0 Å². The van der Waals surface area contributed by atoms with E-state index in [-0.39, 0.29) is 0 Å². The molecular formula is C19H16S. The zero-order valence-electron chi connectivity index (χ0n) is 11.3. The molecule has 0 N–H and O–H groups in total.